The zero-order valence-electron chi connectivity index (χ0n) is 16.7. The van der Waals surface area contributed by atoms with Gasteiger partial charge in [-0.2, -0.15) is 4.31 Å². The molecule has 1 saturated heterocycles. The summed E-state index contributed by atoms with van der Waals surface area (Å²) in [4.78, 5) is 16.9. The minimum absolute atomic E-state index is 0.0479. The highest BCUT2D eigenvalue weighted by Crippen LogP contribution is 2.29. The Bertz CT molecular complexity index is 1160. The molecule has 164 valence electrons. The Labute approximate surface area is 190 Å². The lowest BCUT2D eigenvalue weighted by Gasteiger charge is -2.20. The number of halogens is 1. The van der Waals surface area contributed by atoms with E-state index in [9.17, 15) is 13.2 Å². The van der Waals surface area contributed by atoms with Gasteiger partial charge < -0.3 is 9.73 Å². The summed E-state index contributed by atoms with van der Waals surface area (Å²) in [5, 5.41) is 3.36. The SMILES string of the molecule is O=C(CSc1nc2ccccc2o1)Nc1cc(S(=O)(=O)N2CCCCCC2)ccc1Cl. The second kappa shape index (κ2) is 9.60. The van der Waals surface area contributed by atoms with E-state index < -0.39 is 10.0 Å². The molecule has 31 heavy (non-hydrogen) atoms. The number of hydrogen-bond acceptors (Lipinski definition) is 6. The normalized spacial score (nSPS) is 15.6. The summed E-state index contributed by atoms with van der Waals surface area (Å²) >= 11 is 7.37. The Balaban J connectivity index is 1.44. The number of sulfonamides is 1. The molecule has 0 unspecified atom stereocenters. The number of amides is 1. The van der Waals surface area contributed by atoms with Gasteiger partial charge in [0, 0.05) is 13.1 Å². The van der Waals surface area contributed by atoms with E-state index in [1.165, 1.54) is 22.5 Å². The Hall–Kier alpha value is -2.07. The molecule has 1 amide bonds. The van der Waals surface area contributed by atoms with Crippen molar-refractivity contribution in [2.75, 3.05) is 24.2 Å². The number of rotatable bonds is 6. The first kappa shape index (κ1) is 22.1. The van der Waals surface area contributed by atoms with Crippen molar-refractivity contribution in [2.24, 2.45) is 0 Å². The van der Waals surface area contributed by atoms with Gasteiger partial charge in [-0.05, 0) is 43.2 Å². The van der Waals surface area contributed by atoms with Crippen molar-refractivity contribution in [2.45, 2.75) is 35.8 Å². The van der Waals surface area contributed by atoms with Gasteiger partial charge in [-0.1, -0.05) is 48.3 Å². The van der Waals surface area contributed by atoms with Crippen LogP contribution in [0.15, 0.2) is 57.0 Å². The zero-order valence-corrected chi connectivity index (χ0v) is 19.1. The van der Waals surface area contributed by atoms with Gasteiger partial charge in [0.15, 0.2) is 5.58 Å². The van der Waals surface area contributed by atoms with Gasteiger partial charge in [0.2, 0.25) is 15.9 Å². The minimum atomic E-state index is -3.64. The molecule has 3 aromatic rings. The van der Waals surface area contributed by atoms with Crippen molar-refractivity contribution in [3.8, 4) is 0 Å². The molecular weight excluding hydrogens is 458 g/mol. The number of fused-ring (bicyclic) bond motifs is 1. The van der Waals surface area contributed by atoms with E-state index in [-0.39, 0.29) is 27.3 Å². The molecule has 1 aliphatic heterocycles. The van der Waals surface area contributed by atoms with Crippen LogP contribution >= 0.6 is 23.4 Å². The zero-order chi connectivity index (χ0) is 21.8. The minimum Gasteiger partial charge on any atom is -0.431 e. The number of para-hydroxylation sites is 2. The number of aromatic nitrogens is 1. The molecule has 0 aliphatic carbocycles. The summed E-state index contributed by atoms with van der Waals surface area (Å²) in [5.41, 5.74) is 1.64. The van der Waals surface area contributed by atoms with E-state index in [0.29, 0.717) is 23.9 Å². The highest BCUT2D eigenvalue weighted by atomic mass is 35.5. The third-order valence-electron chi connectivity index (χ3n) is 5.02. The molecule has 0 spiro atoms. The molecule has 7 nitrogen and oxygen atoms in total. The molecule has 0 radical (unpaired) electrons. The molecule has 0 bridgehead atoms. The Morgan fingerprint density at radius 2 is 1.87 bits per heavy atom. The van der Waals surface area contributed by atoms with Gasteiger partial charge in [-0.3, -0.25) is 4.79 Å². The molecule has 0 saturated carbocycles. The maximum atomic E-state index is 13.0. The van der Waals surface area contributed by atoms with Crippen LogP contribution in [0.2, 0.25) is 5.02 Å². The first-order valence-electron chi connectivity index (χ1n) is 10.0. The maximum absolute atomic E-state index is 13.0. The Kier molecular flexibility index (Phi) is 6.86. The summed E-state index contributed by atoms with van der Waals surface area (Å²) in [7, 11) is -3.64. The molecule has 1 aliphatic rings. The predicted molar refractivity (Wildman–Crippen MR) is 122 cm³/mol. The second-order valence-corrected chi connectivity index (χ2v) is 10.5. The van der Waals surface area contributed by atoms with Gasteiger partial charge in [0.05, 0.1) is 21.4 Å². The van der Waals surface area contributed by atoms with Crippen molar-refractivity contribution in [3.05, 3.63) is 47.5 Å². The molecule has 2 aromatic carbocycles. The topological polar surface area (TPSA) is 92.5 Å². The maximum Gasteiger partial charge on any atom is 0.257 e. The number of benzene rings is 2. The number of hydrogen-bond donors (Lipinski definition) is 1. The van der Waals surface area contributed by atoms with Crippen molar-refractivity contribution >= 4 is 56.1 Å². The predicted octanol–water partition coefficient (Wildman–Crippen LogP) is 4.78. The highest BCUT2D eigenvalue weighted by Gasteiger charge is 2.26. The number of thioether (sulfide) groups is 1. The van der Waals surface area contributed by atoms with Crippen LogP contribution in [0.4, 0.5) is 5.69 Å². The quantitative estimate of drug-likeness (QED) is 0.511. The van der Waals surface area contributed by atoms with Crippen LogP contribution in [0.3, 0.4) is 0 Å². The fourth-order valence-corrected chi connectivity index (χ4v) is 5.77. The van der Waals surface area contributed by atoms with Crippen LogP contribution in [-0.4, -0.2) is 42.5 Å². The van der Waals surface area contributed by atoms with E-state index in [1.807, 2.05) is 24.3 Å². The standard InChI is InChI=1S/C21H22ClN3O4S2/c22-16-10-9-15(31(27,28)25-11-5-1-2-6-12-25)13-18(16)23-20(26)14-30-21-24-17-7-3-4-8-19(17)29-21/h3-4,7-10,13H,1-2,5-6,11-12,14H2,(H,23,26). The van der Waals surface area contributed by atoms with Crippen LogP contribution in [0.1, 0.15) is 25.7 Å². The first-order valence-corrected chi connectivity index (χ1v) is 12.8. The van der Waals surface area contributed by atoms with E-state index in [4.69, 9.17) is 16.0 Å². The van der Waals surface area contributed by atoms with Crippen molar-refractivity contribution < 1.29 is 17.6 Å². The molecule has 1 N–H and O–H groups in total. The first-order chi connectivity index (χ1) is 14.9. The van der Waals surface area contributed by atoms with Crippen LogP contribution < -0.4 is 5.32 Å². The lowest BCUT2D eigenvalue weighted by atomic mass is 10.2. The van der Waals surface area contributed by atoms with Gasteiger partial charge in [-0.25, -0.2) is 13.4 Å². The van der Waals surface area contributed by atoms with Gasteiger partial charge >= 0.3 is 0 Å². The Morgan fingerprint density at radius 3 is 2.61 bits per heavy atom. The number of nitrogens with one attached hydrogen (secondary N) is 1. The highest BCUT2D eigenvalue weighted by molar-refractivity contribution is 7.99. The molecule has 2 heterocycles. The number of anilines is 1. The van der Waals surface area contributed by atoms with Crippen LogP contribution in [0, 0.1) is 0 Å². The molecule has 0 atom stereocenters. The lowest BCUT2D eigenvalue weighted by molar-refractivity contribution is -0.113. The largest absolute Gasteiger partial charge is 0.431 e. The third kappa shape index (κ3) is 5.23. The molecule has 1 fully saturated rings. The molecule has 1 aromatic heterocycles. The summed E-state index contributed by atoms with van der Waals surface area (Å²) < 4.78 is 33.2. The Morgan fingerprint density at radius 1 is 1.13 bits per heavy atom. The van der Waals surface area contributed by atoms with E-state index in [0.717, 1.165) is 43.0 Å². The number of carbonyl (C=O) groups excluding carboxylic acids is 1. The van der Waals surface area contributed by atoms with E-state index in [2.05, 4.69) is 10.3 Å². The van der Waals surface area contributed by atoms with Crippen molar-refractivity contribution in [1.82, 2.24) is 9.29 Å². The molecule has 10 heteroatoms. The summed E-state index contributed by atoms with van der Waals surface area (Å²) in [6.45, 7) is 1.02. The second-order valence-electron chi connectivity index (χ2n) is 7.24. The van der Waals surface area contributed by atoms with E-state index in [1.54, 1.807) is 0 Å². The molecular formula is C21H22ClN3O4S2. The van der Waals surface area contributed by atoms with Crippen molar-refractivity contribution in [1.29, 1.82) is 0 Å². The van der Waals surface area contributed by atoms with Gasteiger partial charge in [0.25, 0.3) is 5.22 Å². The number of oxazole rings is 1. The fourth-order valence-electron chi connectivity index (χ4n) is 3.42. The van der Waals surface area contributed by atoms with E-state index >= 15 is 0 Å². The fraction of sp³-hybridized carbons (Fsp3) is 0.333. The van der Waals surface area contributed by atoms with Crippen LogP contribution in [0.25, 0.3) is 11.1 Å². The summed E-state index contributed by atoms with van der Waals surface area (Å²) in [5.74, 6) is -0.287. The van der Waals surface area contributed by atoms with Gasteiger partial charge in [0.1, 0.15) is 5.52 Å². The monoisotopic (exact) mass is 479 g/mol. The van der Waals surface area contributed by atoms with Crippen LogP contribution in [0.5, 0.6) is 0 Å². The number of nitrogens with zero attached hydrogens (tertiary/aromatic N) is 2. The number of carbonyl (C=O) groups is 1. The summed E-state index contributed by atoms with van der Waals surface area (Å²) in [6, 6.07) is 11.7. The average Bonchev–Trinajstić information content (AvgIpc) is 2.96. The lowest BCUT2D eigenvalue weighted by Crippen LogP contribution is -2.32. The molecule has 4 rings (SSSR count). The van der Waals surface area contributed by atoms with Crippen LogP contribution in [-0.2, 0) is 14.8 Å². The summed E-state index contributed by atoms with van der Waals surface area (Å²) in [6.07, 6.45) is 3.77. The van der Waals surface area contributed by atoms with Gasteiger partial charge in [-0.15, -0.1) is 0 Å². The third-order valence-corrected chi connectivity index (χ3v) is 8.07. The smallest absolute Gasteiger partial charge is 0.257 e. The van der Waals surface area contributed by atoms with Crippen molar-refractivity contribution in [3.63, 3.8) is 0 Å². The average molecular weight is 480 g/mol.